The monoisotopic (exact) mass is 411 g/mol. The quantitative estimate of drug-likeness (QED) is 0.601. The first-order valence-corrected chi connectivity index (χ1v) is 10.0. The molecule has 3 aromatic rings. The van der Waals surface area contributed by atoms with Crippen molar-refractivity contribution in [2.24, 2.45) is 0 Å². The molecule has 0 saturated heterocycles. The molecule has 0 aliphatic rings. The summed E-state index contributed by atoms with van der Waals surface area (Å²) in [7, 11) is 0.105. The van der Waals surface area contributed by atoms with Crippen molar-refractivity contribution >= 4 is 33.6 Å². The van der Waals surface area contributed by atoms with Crippen molar-refractivity contribution in [3.8, 4) is 11.1 Å². The Labute approximate surface area is 163 Å². The molecule has 1 heterocycles. The van der Waals surface area contributed by atoms with Crippen LogP contribution in [0.2, 0.25) is 0 Å². The summed E-state index contributed by atoms with van der Waals surface area (Å²) < 4.78 is 40.7. The maximum absolute atomic E-state index is 14.3. The number of benzene rings is 2. The van der Waals surface area contributed by atoms with Gasteiger partial charge < -0.3 is 4.90 Å². The molecule has 0 amide bonds. The van der Waals surface area contributed by atoms with Crippen LogP contribution in [0.1, 0.15) is 4.88 Å². The van der Waals surface area contributed by atoms with E-state index in [0.717, 1.165) is 4.88 Å². The Morgan fingerprint density at radius 1 is 0.962 bits per heavy atom. The van der Waals surface area contributed by atoms with Crippen molar-refractivity contribution < 1.29 is 12.8 Å². The summed E-state index contributed by atoms with van der Waals surface area (Å²) in [6.07, 6.45) is 0. The maximum atomic E-state index is 14.3. The minimum Gasteiger partial charge on any atom is -0.304 e. The topological polar surface area (TPSA) is 37.4 Å². The lowest BCUT2D eigenvalue weighted by atomic mass is 10.1. The normalized spacial score (nSPS) is 11.4. The van der Waals surface area contributed by atoms with Crippen LogP contribution < -0.4 is 0 Å². The number of sulfone groups is 1. The number of hydrogen-bond donors (Lipinski definition) is 0. The second-order valence-corrected chi connectivity index (χ2v) is 9.23. The summed E-state index contributed by atoms with van der Waals surface area (Å²) in [4.78, 5) is 3.04. The molecule has 26 heavy (non-hydrogen) atoms. The fourth-order valence-corrected chi connectivity index (χ4v) is 5.84. The van der Waals surface area contributed by atoms with Crippen LogP contribution in [0.3, 0.4) is 0 Å². The Morgan fingerprint density at radius 2 is 1.58 bits per heavy atom. The van der Waals surface area contributed by atoms with E-state index in [2.05, 4.69) is 0 Å². The fourth-order valence-electron chi connectivity index (χ4n) is 2.59. The van der Waals surface area contributed by atoms with Crippen LogP contribution in [-0.2, 0) is 16.4 Å². The standard InChI is InChI=1S/C19H18FNO2S2.ClH/c1-21(2)13-14-12-17(16-10-6-7-11-18(16)20)19(24-14)25(22,23)15-8-4-3-5-9-15;/h3-12H,13H2,1-2H3;1H. The van der Waals surface area contributed by atoms with Crippen LogP contribution in [0.5, 0.6) is 0 Å². The molecule has 2 aromatic carbocycles. The van der Waals surface area contributed by atoms with E-state index in [1.54, 1.807) is 54.6 Å². The highest BCUT2D eigenvalue weighted by Gasteiger charge is 2.26. The SMILES string of the molecule is CN(C)Cc1cc(-c2ccccc2F)c(S(=O)(=O)c2ccccc2)s1.Cl. The highest BCUT2D eigenvalue weighted by Crippen LogP contribution is 2.39. The minimum absolute atomic E-state index is 0. The Morgan fingerprint density at radius 3 is 2.19 bits per heavy atom. The largest absolute Gasteiger partial charge is 0.304 e. The van der Waals surface area contributed by atoms with Crippen molar-refractivity contribution in [2.75, 3.05) is 14.1 Å². The van der Waals surface area contributed by atoms with Gasteiger partial charge in [0, 0.05) is 22.5 Å². The first kappa shape index (κ1) is 20.6. The van der Waals surface area contributed by atoms with E-state index in [4.69, 9.17) is 0 Å². The zero-order valence-electron chi connectivity index (χ0n) is 14.3. The van der Waals surface area contributed by atoms with Gasteiger partial charge in [0.05, 0.1) is 4.90 Å². The molecule has 0 saturated carbocycles. The molecule has 0 spiro atoms. The highest BCUT2D eigenvalue weighted by atomic mass is 35.5. The van der Waals surface area contributed by atoms with Crippen LogP contribution in [0.25, 0.3) is 11.1 Å². The zero-order valence-corrected chi connectivity index (χ0v) is 16.8. The molecule has 0 aliphatic carbocycles. The number of halogens is 2. The molecule has 0 unspecified atom stereocenters. The van der Waals surface area contributed by atoms with Gasteiger partial charge in [0.1, 0.15) is 10.0 Å². The van der Waals surface area contributed by atoms with Crippen LogP contribution in [0, 0.1) is 5.82 Å². The third-order valence-electron chi connectivity index (χ3n) is 3.68. The van der Waals surface area contributed by atoms with Gasteiger partial charge in [0.2, 0.25) is 9.84 Å². The highest BCUT2D eigenvalue weighted by molar-refractivity contribution is 7.93. The van der Waals surface area contributed by atoms with Crippen molar-refractivity contribution in [3.63, 3.8) is 0 Å². The Balaban J connectivity index is 0.00000243. The molecule has 0 aliphatic heterocycles. The molecule has 3 rings (SSSR count). The van der Waals surface area contributed by atoms with Gasteiger partial charge in [-0.1, -0.05) is 36.4 Å². The summed E-state index contributed by atoms with van der Waals surface area (Å²) >= 11 is 1.20. The molecular weight excluding hydrogens is 393 g/mol. The average molecular weight is 412 g/mol. The van der Waals surface area contributed by atoms with Gasteiger partial charge in [-0.2, -0.15) is 0 Å². The molecule has 3 nitrogen and oxygen atoms in total. The van der Waals surface area contributed by atoms with Gasteiger partial charge in [-0.3, -0.25) is 0 Å². The molecule has 0 N–H and O–H groups in total. The third-order valence-corrected chi connectivity index (χ3v) is 7.11. The van der Waals surface area contributed by atoms with E-state index in [1.807, 2.05) is 19.0 Å². The molecule has 0 bridgehead atoms. The van der Waals surface area contributed by atoms with Gasteiger partial charge in [-0.05, 0) is 38.4 Å². The van der Waals surface area contributed by atoms with Crippen molar-refractivity contribution in [1.82, 2.24) is 4.90 Å². The molecule has 0 fully saturated rings. The van der Waals surface area contributed by atoms with E-state index in [0.29, 0.717) is 17.7 Å². The predicted molar refractivity (Wildman–Crippen MR) is 106 cm³/mol. The molecule has 0 radical (unpaired) electrons. The molecule has 1 aromatic heterocycles. The predicted octanol–water partition coefficient (Wildman–Crippen LogP) is 4.87. The van der Waals surface area contributed by atoms with Crippen LogP contribution in [-0.4, -0.2) is 27.4 Å². The zero-order chi connectivity index (χ0) is 18.0. The van der Waals surface area contributed by atoms with E-state index >= 15 is 0 Å². The fraction of sp³-hybridized carbons (Fsp3) is 0.158. The summed E-state index contributed by atoms with van der Waals surface area (Å²) in [5.74, 6) is -0.429. The Bertz CT molecular complexity index is 986. The van der Waals surface area contributed by atoms with Crippen LogP contribution in [0.15, 0.2) is 69.8 Å². The second kappa shape index (κ2) is 8.31. The van der Waals surface area contributed by atoms with Gasteiger partial charge in [0.15, 0.2) is 0 Å². The van der Waals surface area contributed by atoms with Crippen LogP contribution in [0.4, 0.5) is 4.39 Å². The maximum Gasteiger partial charge on any atom is 0.216 e. The summed E-state index contributed by atoms with van der Waals surface area (Å²) in [6, 6.07) is 16.3. The molecule has 7 heteroatoms. The Kier molecular flexibility index (Phi) is 6.58. The number of rotatable bonds is 5. The van der Waals surface area contributed by atoms with Crippen molar-refractivity contribution in [1.29, 1.82) is 0 Å². The van der Waals surface area contributed by atoms with Crippen LogP contribution >= 0.6 is 23.7 Å². The summed E-state index contributed by atoms with van der Waals surface area (Å²) in [6.45, 7) is 0.594. The first-order chi connectivity index (χ1) is 11.9. The lowest BCUT2D eigenvalue weighted by Crippen LogP contribution is -2.09. The second-order valence-electron chi connectivity index (χ2n) is 5.95. The third kappa shape index (κ3) is 4.15. The van der Waals surface area contributed by atoms with E-state index in [1.165, 1.54) is 17.4 Å². The number of nitrogens with zero attached hydrogens (tertiary/aromatic N) is 1. The summed E-state index contributed by atoms with van der Waals surface area (Å²) in [5, 5.41) is 0. The minimum atomic E-state index is -3.72. The number of thiophene rings is 1. The molecule has 0 atom stereocenters. The van der Waals surface area contributed by atoms with Gasteiger partial charge in [-0.15, -0.1) is 23.7 Å². The van der Waals surface area contributed by atoms with E-state index in [9.17, 15) is 12.8 Å². The van der Waals surface area contributed by atoms with Gasteiger partial charge in [0.25, 0.3) is 0 Å². The lowest BCUT2D eigenvalue weighted by Gasteiger charge is -2.07. The average Bonchev–Trinajstić information content (AvgIpc) is 2.99. The first-order valence-electron chi connectivity index (χ1n) is 7.72. The van der Waals surface area contributed by atoms with Gasteiger partial charge in [-0.25, -0.2) is 12.8 Å². The molecule has 138 valence electrons. The Hall–Kier alpha value is -1.73. The van der Waals surface area contributed by atoms with E-state index in [-0.39, 0.29) is 21.5 Å². The lowest BCUT2D eigenvalue weighted by molar-refractivity contribution is 0.406. The van der Waals surface area contributed by atoms with Crippen molar-refractivity contribution in [2.45, 2.75) is 15.6 Å². The number of hydrogen-bond acceptors (Lipinski definition) is 4. The molecular formula is C19H19ClFNO2S2. The smallest absolute Gasteiger partial charge is 0.216 e. The van der Waals surface area contributed by atoms with Crippen molar-refractivity contribution in [3.05, 3.63) is 71.4 Å². The van der Waals surface area contributed by atoms with E-state index < -0.39 is 15.7 Å². The van der Waals surface area contributed by atoms with Gasteiger partial charge >= 0.3 is 0 Å². The summed E-state index contributed by atoms with van der Waals surface area (Å²) in [5.41, 5.74) is 0.724.